The Morgan fingerprint density at radius 3 is 2.27 bits per heavy atom. The summed E-state index contributed by atoms with van der Waals surface area (Å²) < 4.78 is 4.26. The van der Waals surface area contributed by atoms with E-state index >= 15 is 0 Å². The molecule has 2 N–H and O–H groups in total. The molecule has 0 aromatic carbocycles. The molecule has 0 bridgehead atoms. The highest BCUT2D eigenvalue weighted by atomic mass is 16.5. The molecule has 0 amide bonds. The number of carbonyl (C=O) groups is 2. The summed E-state index contributed by atoms with van der Waals surface area (Å²) in [6, 6.07) is -1.22. The van der Waals surface area contributed by atoms with E-state index < -0.39 is 17.8 Å². The molecule has 0 rings (SSSR count). The summed E-state index contributed by atoms with van der Waals surface area (Å²) in [4.78, 5) is 21.6. The first-order valence-electron chi connectivity index (χ1n) is 3.03. The second kappa shape index (κ2) is 3.88. The number of carbonyl (C=O) groups excluding carboxylic acids is 2. The van der Waals surface area contributed by atoms with E-state index in [-0.39, 0.29) is 5.57 Å². The molecule has 0 saturated carbocycles. The Bertz CT molecular complexity index is 198. The summed E-state index contributed by atoms with van der Waals surface area (Å²) in [6.45, 7) is 4.85. The maximum Gasteiger partial charge on any atom is 0.330 e. The van der Waals surface area contributed by atoms with Crippen molar-refractivity contribution in [3.63, 3.8) is 0 Å². The summed E-state index contributed by atoms with van der Waals surface area (Å²) in [6.07, 6.45) is 0. The second-order valence-electron chi connectivity index (χ2n) is 2.15. The third-order valence-electron chi connectivity index (χ3n) is 1.16. The molecular weight excluding hydrogens is 146 g/mol. The molecule has 1 unspecified atom stereocenters. The standard InChI is InChI=1S/C7H11NO3/c1-4(2)6(9)5(8)7(10)11-3/h5H,1,8H2,2-3H3. The van der Waals surface area contributed by atoms with Crippen LogP contribution in [0.5, 0.6) is 0 Å². The first-order valence-corrected chi connectivity index (χ1v) is 3.03. The molecule has 0 aromatic heterocycles. The molecule has 62 valence electrons. The quantitative estimate of drug-likeness (QED) is 0.345. The van der Waals surface area contributed by atoms with Gasteiger partial charge in [0, 0.05) is 0 Å². The number of esters is 1. The lowest BCUT2D eigenvalue weighted by Crippen LogP contribution is -2.39. The van der Waals surface area contributed by atoms with Crippen LogP contribution >= 0.6 is 0 Å². The van der Waals surface area contributed by atoms with Gasteiger partial charge in [-0.3, -0.25) is 4.79 Å². The number of ether oxygens (including phenoxy) is 1. The highest BCUT2D eigenvalue weighted by Crippen LogP contribution is 1.95. The van der Waals surface area contributed by atoms with E-state index in [0.29, 0.717) is 0 Å². The van der Waals surface area contributed by atoms with Gasteiger partial charge in [-0.15, -0.1) is 0 Å². The van der Waals surface area contributed by atoms with E-state index in [1.54, 1.807) is 0 Å². The van der Waals surface area contributed by atoms with Crippen LogP contribution in [-0.2, 0) is 14.3 Å². The van der Waals surface area contributed by atoms with Gasteiger partial charge >= 0.3 is 5.97 Å². The van der Waals surface area contributed by atoms with Crippen molar-refractivity contribution in [1.82, 2.24) is 0 Å². The van der Waals surface area contributed by atoms with Gasteiger partial charge in [-0.05, 0) is 12.5 Å². The summed E-state index contributed by atoms with van der Waals surface area (Å²) >= 11 is 0. The lowest BCUT2D eigenvalue weighted by molar-refractivity contribution is -0.144. The summed E-state index contributed by atoms with van der Waals surface area (Å²) in [7, 11) is 1.17. The van der Waals surface area contributed by atoms with Crippen molar-refractivity contribution >= 4 is 11.8 Å². The number of Topliss-reactive ketones (excluding diaryl/α,β-unsaturated/α-hetero) is 1. The fraction of sp³-hybridized carbons (Fsp3) is 0.429. The predicted octanol–water partition coefficient (Wildman–Crippen LogP) is -0.368. The number of rotatable bonds is 3. The normalized spacial score (nSPS) is 11.9. The Balaban J connectivity index is 4.25. The number of hydrogen-bond donors (Lipinski definition) is 1. The van der Waals surface area contributed by atoms with Crippen molar-refractivity contribution in [2.75, 3.05) is 7.11 Å². The molecule has 0 radical (unpaired) electrons. The van der Waals surface area contributed by atoms with Gasteiger partial charge in [-0.2, -0.15) is 0 Å². The zero-order chi connectivity index (χ0) is 9.02. The van der Waals surface area contributed by atoms with Gasteiger partial charge in [-0.1, -0.05) is 6.58 Å². The molecule has 11 heavy (non-hydrogen) atoms. The zero-order valence-electron chi connectivity index (χ0n) is 6.59. The van der Waals surface area contributed by atoms with Crippen LogP contribution < -0.4 is 5.73 Å². The van der Waals surface area contributed by atoms with E-state index in [9.17, 15) is 9.59 Å². The number of ketones is 1. The molecule has 0 aromatic rings. The van der Waals surface area contributed by atoms with Gasteiger partial charge in [0.1, 0.15) is 0 Å². The van der Waals surface area contributed by atoms with Gasteiger partial charge < -0.3 is 10.5 Å². The number of hydrogen-bond acceptors (Lipinski definition) is 4. The minimum Gasteiger partial charge on any atom is -0.468 e. The second-order valence-corrected chi connectivity index (χ2v) is 2.15. The third-order valence-corrected chi connectivity index (χ3v) is 1.16. The average molecular weight is 157 g/mol. The lowest BCUT2D eigenvalue weighted by atomic mass is 10.1. The van der Waals surface area contributed by atoms with Gasteiger partial charge in [0.2, 0.25) is 0 Å². The fourth-order valence-electron chi connectivity index (χ4n) is 0.499. The molecule has 0 aliphatic rings. The third kappa shape index (κ3) is 2.51. The minimum absolute atomic E-state index is 0.253. The van der Waals surface area contributed by atoms with Crippen LogP contribution in [0.1, 0.15) is 6.92 Å². The van der Waals surface area contributed by atoms with Crippen molar-refractivity contribution in [3.8, 4) is 0 Å². The van der Waals surface area contributed by atoms with Crippen molar-refractivity contribution in [2.45, 2.75) is 13.0 Å². The summed E-state index contributed by atoms with van der Waals surface area (Å²) in [5, 5.41) is 0. The molecule has 4 heteroatoms. The smallest absolute Gasteiger partial charge is 0.330 e. The maximum atomic E-state index is 10.9. The average Bonchev–Trinajstić information content (AvgIpc) is 2.00. The first-order chi connectivity index (χ1) is 5.00. The highest BCUT2D eigenvalue weighted by molar-refractivity contribution is 6.10. The van der Waals surface area contributed by atoms with Gasteiger partial charge in [0.05, 0.1) is 7.11 Å². The van der Waals surface area contributed by atoms with E-state index in [0.717, 1.165) is 0 Å². The fourth-order valence-corrected chi connectivity index (χ4v) is 0.499. The van der Waals surface area contributed by atoms with Crippen molar-refractivity contribution in [2.24, 2.45) is 5.73 Å². The van der Waals surface area contributed by atoms with Crippen LogP contribution in [-0.4, -0.2) is 24.9 Å². The van der Waals surface area contributed by atoms with Crippen molar-refractivity contribution in [1.29, 1.82) is 0 Å². The first kappa shape index (κ1) is 9.84. The summed E-state index contributed by atoms with van der Waals surface area (Å²) in [5.41, 5.74) is 5.44. The van der Waals surface area contributed by atoms with Crippen LogP contribution in [0.2, 0.25) is 0 Å². The Hall–Kier alpha value is -1.16. The van der Waals surface area contributed by atoms with Crippen LogP contribution in [0.4, 0.5) is 0 Å². The van der Waals surface area contributed by atoms with E-state index in [1.807, 2.05) is 0 Å². The van der Waals surface area contributed by atoms with E-state index in [1.165, 1.54) is 14.0 Å². The van der Waals surface area contributed by atoms with E-state index in [2.05, 4.69) is 11.3 Å². The predicted molar refractivity (Wildman–Crippen MR) is 39.8 cm³/mol. The highest BCUT2D eigenvalue weighted by Gasteiger charge is 2.22. The molecule has 1 atom stereocenters. The molecule has 0 saturated heterocycles. The topological polar surface area (TPSA) is 69.4 Å². The Morgan fingerprint density at radius 2 is 2.00 bits per heavy atom. The molecule has 0 fully saturated rings. The molecule has 0 aliphatic carbocycles. The van der Waals surface area contributed by atoms with Crippen LogP contribution in [0.15, 0.2) is 12.2 Å². The zero-order valence-corrected chi connectivity index (χ0v) is 6.59. The molecule has 0 spiro atoms. The molecule has 4 nitrogen and oxygen atoms in total. The van der Waals surface area contributed by atoms with Gasteiger partial charge in [0.15, 0.2) is 11.8 Å². The van der Waals surface area contributed by atoms with Gasteiger partial charge in [-0.25, -0.2) is 4.79 Å². The monoisotopic (exact) mass is 157 g/mol. The van der Waals surface area contributed by atoms with Crippen LogP contribution in [0.25, 0.3) is 0 Å². The minimum atomic E-state index is -1.22. The SMILES string of the molecule is C=C(C)C(=O)C(N)C(=O)OC. The van der Waals surface area contributed by atoms with Gasteiger partial charge in [0.25, 0.3) is 0 Å². The van der Waals surface area contributed by atoms with Crippen LogP contribution in [0.3, 0.4) is 0 Å². The Labute approximate surface area is 65.0 Å². The number of nitrogens with two attached hydrogens (primary N) is 1. The van der Waals surface area contributed by atoms with Crippen molar-refractivity contribution in [3.05, 3.63) is 12.2 Å². The molecule has 0 aliphatic heterocycles. The van der Waals surface area contributed by atoms with Crippen molar-refractivity contribution < 1.29 is 14.3 Å². The lowest BCUT2D eigenvalue weighted by Gasteiger charge is -2.06. The number of methoxy groups -OCH3 is 1. The van der Waals surface area contributed by atoms with E-state index in [4.69, 9.17) is 5.73 Å². The largest absolute Gasteiger partial charge is 0.468 e. The van der Waals surface area contributed by atoms with Crippen LogP contribution in [0, 0.1) is 0 Å². The Morgan fingerprint density at radius 1 is 1.55 bits per heavy atom. The summed E-state index contributed by atoms with van der Waals surface area (Å²) in [5.74, 6) is -1.23. The molecular formula is C7H11NO3. The molecule has 0 heterocycles. The Kier molecular flexibility index (Phi) is 3.47. The maximum absolute atomic E-state index is 10.9.